The topological polar surface area (TPSA) is 34.9 Å². The van der Waals surface area contributed by atoms with Gasteiger partial charge in [-0.05, 0) is 26.8 Å². The molecule has 0 spiro atoms. The first-order valence-electron chi connectivity index (χ1n) is 5.63. The average Bonchev–Trinajstić information content (AvgIpc) is 2.77. The number of aldehydes is 1. The SMILES string of the molecule is CC(C)(C)n1nccc1-c1ccccc1C=O. The molecule has 3 nitrogen and oxygen atoms in total. The van der Waals surface area contributed by atoms with E-state index < -0.39 is 0 Å². The minimum atomic E-state index is -0.102. The van der Waals surface area contributed by atoms with Gasteiger partial charge in [0.25, 0.3) is 0 Å². The van der Waals surface area contributed by atoms with Gasteiger partial charge in [-0.15, -0.1) is 0 Å². The van der Waals surface area contributed by atoms with Gasteiger partial charge in [0.15, 0.2) is 6.29 Å². The minimum absolute atomic E-state index is 0.102. The molecular formula is C14H16N2O. The lowest BCUT2D eigenvalue weighted by Crippen LogP contribution is -2.24. The van der Waals surface area contributed by atoms with Gasteiger partial charge < -0.3 is 0 Å². The molecule has 0 bridgehead atoms. The van der Waals surface area contributed by atoms with Crippen molar-refractivity contribution in [2.75, 3.05) is 0 Å². The van der Waals surface area contributed by atoms with Crippen LogP contribution < -0.4 is 0 Å². The third kappa shape index (κ3) is 2.13. The van der Waals surface area contributed by atoms with E-state index in [1.165, 1.54) is 0 Å². The van der Waals surface area contributed by atoms with Gasteiger partial charge in [0.1, 0.15) is 0 Å². The molecule has 2 rings (SSSR count). The van der Waals surface area contributed by atoms with Crippen LogP contribution in [0.15, 0.2) is 36.5 Å². The molecule has 1 aromatic heterocycles. The predicted molar refractivity (Wildman–Crippen MR) is 68.0 cm³/mol. The fourth-order valence-corrected chi connectivity index (χ4v) is 1.87. The number of carbonyl (C=O) groups excluding carboxylic acids is 1. The quantitative estimate of drug-likeness (QED) is 0.740. The van der Waals surface area contributed by atoms with Crippen molar-refractivity contribution < 1.29 is 4.79 Å². The summed E-state index contributed by atoms with van der Waals surface area (Å²) in [6, 6.07) is 9.51. The van der Waals surface area contributed by atoms with Gasteiger partial charge in [0.2, 0.25) is 0 Å². The Morgan fingerprint density at radius 3 is 2.53 bits per heavy atom. The smallest absolute Gasteiger partial charge is 0.150 e. The van der Waals surface area contributed by atoms with Crippen LogP contribution in [-0.2, 0) is 5.54 Å². The van der Waals surface area contributed by atoms with Gasteiger partial charge in [0.05, 0.1) is 11.2 Å². The van der Waals surface area contributed by atoms with E-state index in [-0.39, 0.29) is 5.54 Å². The molecule has 17 heavy (non-hydrogen) atoms. The second-order valence-corrected chi connectivity index (χ2v) is 5.00. The molecule has 0 aliphatic carbocycles. The maximum Gasteiger partial charge on any atom is 0.150 e. The third-order valence-corrected chi connectivity index (χ3v) is 2.64. The van der Waals surface area contributed by atoms with Gasteiger partial charge in [-0.2, -0.15) is 5.10 Å². The Kier molecular flexibility index (Phi) is 2.84. The monoisotopic (exact) mass is 228 g/mol. The number of hydrogen-bond donors (Lipinski definition) is 0. The Labute approximate surface area is 101 Å². The molecule has 0 amide bonds. The van der Waals surface area contributed by atoms with Crippen LogP contribution in [0.4, 0.5) is 0 Å². The molecule has 1 heterocycles. The summed E-state index contributed by atoms with van der Waals surface area (Å²) in [4.78, 5) is 11.1. The van der Waals surface area contributed by atoms with E-state index in [9.17, 15) is 4.79 Å². The van der Waals surface area contributed by atoms with Gasteiger partial charge in [0, 0.05) is 17.3 Å². The number of rotatable bonds is 2. The zero-order valence-corrected chi connectivity index (χ0v) is 10.3. The standard InChI is InChI=1S/C14H16N2O/c1-14(2,3)16-13(8-9-15-16)12-7-5-4-6-11(12)10-17/h4-10H,1-3H3. The summed E-state index contributed by atoms with van der Waals surface area (Å²) in [6.45, 7) is 6.27. The Hall–Kier alpha value is -1.90. The average molecular weight is 228 g/mol. The number of carbonyl (C=O) groups is 1. The molecule has 1 aromatic carbocycles. The van der Waals surface area contributed by atoms with Crippen LogP contribution in [0.5, 0.6) is 0 Å². The summed E-state index contributed by atoms with van der Waals surface area (Å²) in [5.41, 5.74) is 2.49. The van der Waals surface area contributed by atoms with Crippen molar-refractivity contribution in [2.24, 2.45) is 0 Å². The lowest BCUT2D eigenvalue weighted by atomic mass is 10.0. The first-order valence-corrected chi connectivity index (χ1v) is 5.63. The molecule has 0 fully saturated rings. The van der Waals surface area contributed by atoms with Gasteiger partial charge >= 0.3 is 0 Å². The van der Waals surface area contributed by atoms with Crippen molar-refractivity contribution in [1.29, 1.82) is 0 Å². The molecule has 2 aromatic rings. The van der Waals surface area contributed by atoms with Crippen molar-refractivity contribution in [2.45, 2.75) is 26.3 Å². The second kappa shape index (κ2) is 4.17. The summed E-state index contributed by atoms with van der Waals surface area (Å²) in [5.74, 6) is 0. The van der Waals surface area contributed by atoms with Gasteiger partial charge in [-0.25, -0.2) is 0 Å². The summed E-state index contributed by atoms with van der Waals surface area (Å²) >= 11 is 0. The van der Waals surface area contributed by atoms with E-state index in [1.807, 2.05) is 35.0 Å². The highest BCUT2D eigenvalue weighted by Crippen LogP contribution is 2.26. The fourth-order valence-electron chi connectivity index (χ4n) is 1.87. The number of aromatic nitrogens is 2. The number of benzene rings is 1. The van der Waals surface area contributed by atoms with E-state index in [0.29, 0.717) is 5.56 Å². The van der Waals surface area contributed by atoms with Crippen LogP contribution in [0.25, 0.3) is 11.3 Å². The van der Waals surface area contributed by atoms with E-state index in [2.05, 4.69) is 25.9 Å². The predicted octanol–water partition coefficient (Wildman–Crippen LogP) is 3.12. The van der Waals surface area contributed by atoms with Crippen molar-refractivity contribution in [3.63, 3.8) is 0 Å². The molecular weight excluding hydrogens is 212 g/mol. The summed E-state index contributed by atoms with van der Waals surface area (Å²) in [6.07, 6.45) is 2.65. The highest BCUT2D eigenvalue weighted by Gasteiger charge is 2.19. The highest BCUT2D eigenvalue weighted by atomic mass is 16.1. The first kappa shape index (κ1) is 11.6. The molecule has 0 radical (unpaired) electrons. The Morgan fingerprint density at radius 2 is 1.88 bits per heavy atom. The summed E-state index contributed by atoms with van der Waals surface area (Å²) in [5, 5.41) is 4.34. The molecule has 0 aliphatic rings. The van der Waals surface area contributed by atoms with Crippen LogP contribution in [0.2, 0.25) is 0 Å². The van der Waals surface area contributed by atoms with E-state index in [1.54, 1.807) is 6.20 Å². The van der Waals surface area contributed by atoms with Crippen LogP contribution in [-0.4, -0.2) is 16.1 Å². The summed E-state index contributed by atoms with van der Waals surface area (Å²) in [7, 11) is 0. The summed E-state index contributed by atoms with van der Waals surface area (Å²) < 4.78 is 1.94. The number of nitrogens with zero attached hydrogens (tertiary/aromatic N) is 2. The molecule has 0 aliphatic heterocycles. The lowest BCUT2D eigenvalue weighted by molar-refractivity contribution is 0.112. The zero-order chi connectivity index (χ0) is 12.5. The first-order chi connectivity index (χ1) is 8.04. The maximum absolute atomic E-state index is 11.1. The fraction of sp³-hybridized carbons (Fsp3) is 0.286. The van der Waals surface area contributed by atoms with Gasteiger partial charge in [-0.1, -0.05) is 24.3 Å². The van der Waals surface area contributed by atoms with Crippen molar-refractivity contribution >= 4 is 6.29 Å². The van der Waals surface area contributed by atoms with Gasteiger partial charge in [-0.3, -0.25) is 9.48 Å². The molecule has 0 saturated heterocycles. The van der Waals surface area contributed by atoms with Crippen molar-refractivity contribution in [3.05, 3.63) is 42.1 Å². The zero-order valence-electron chi connectivity index (χ0n) is 10.3. The van der Waals surface area contributed by atoms with Crippen LogP contribution in [0, 0.1) is 0 Å². The van der Waals surface area contributed by atoms with Crippen molar-refractivity contribution in [1.82, 2.24) is 9.78 Å². The van der Waals surface area contributed by atoms with E-state index >= 15 is 0 Å². The Balaban J connectivity index is 2.62. The normalized spacial score (nSPS) is 11.5. The largest absolute Gasteiger partial charge is 0.298 e. The molecule has 0 saturated carbocycles. The van der Waals surface area contributed by atoms with E-state index in [4.69, 9.17) is 0 Å². The van der Waals surface area contributed by atoms with E-state index in [0.717, 1.165) is 17.5 Å². The Morgan fingerprint density at radius 1 is 1.18 bits per heavy atom. The number of hydrogen-bond acceptors (Lipinski definition) is 2. The molecule has 0 N–H and O–H groups in total. The Bertz CT molecular complexity index is 535. The maximum atomic E-state index is 11.1. The third-order valence-electron chi connectivity index (χ3n) is 2.64. The van der Waals surface area contributed by atoms with Crippen LogP contribution in [0.1, 0.15) is 31.1 Å². The van der Waals surface area contributed by atoms with Crippen LogP contribution >= 0.6 is 0 Å². The second-order valence-electron chi connectivity index (χ2n) is 5.00. The molecule has 0 atom stereocenters. The lowest BCUT2D eigenvalue weighted by Gasteiger charge is -2.22. The highest BCUT2D eigenvalue weighted by molar-refractivity contribution is 5.86. The molecule has 0 unspecified atom stereocenters. The minimum Gasteiger partial charge on any atom is -0.298 e. The van der Waals surface area contributed by atoms with Crippen LogP contribution in [0.3, 0.4) is 0 Å². The molecule has 3 heteroatoms. The molecule has 88 valence electrons. The van der Waals surface area contributed by atoms with Crippen molar-refractivity contribution in [3.8, 4) is 11.3 Å².